The lowest BCUT2D eigenvalue weighted by Crippen LogP contribution is -2.16. The van der Waals surface area contributed by atoms with Crippen molar-refractivity contribution in [3.63, 3.8) is 0 Å². The molecule has 0 spiro atoms. The van der Waals surface area contributed by atoms with Crippen molar-refractivity contribution in [2.75, 3.05) is 0 Å². The van der Waals surface area contributed by atoms with Gasteiger partial charge in [-0.15, -0.1) is 0 Å². The van der Waals surface area contributed by atoms with Crippen LogP contribution in [0.25, 0.3) is 22.2 Å². The number of imidazole rings is 1. The minimum Gasteiger partial charge on any atom is -0.306 e. The summed E-state index contributed by atoms with van der Waals surface area (Å²) in [7, 11) is 0. The number of nitrogens with zero attached hydrogens (tertiary/aromatic N) is 1. The summed E-state index contributed by atoms with van der Waals surface area (Å²) in [6.07, 6.45) is 2.11. The summed E-state index contributed by atoms with van der Waals surface area (Å²) in [5, 5.41) is 0. The molecular weight excluding hydrogens is 248 g/mol. The molecule has 0 saturated heterocycles. The van der Waals surface area contributed by atoms with Gasteiger partial charge in [-0.3, -0.25) is 4.57 Å². The quantitative estimate of drug-likeness (QED) is 0.766. The predicted molar refractivity (Wildman–Crippen MR) is 82.9 cm³/mol. The average Bonchev–Trinajstić information content (AvgIpc) is 2.80. The molecule has 0 unspecified atom stereocenters. The zero-order chi connectivity index (χ0) is 13.9. The van der Waals surface area contributed by atoms with E-state index in [1.807, 2.05) is 28.8 Å². The molecule has 1 heterocycles. The fourth-order valence-electron chi connectivity index (χ4n) is 2.51. The number of aryl methyl sites for hydroxylation is 1. The van der Waals surface area contributed by atoms with Gasteiger partial charge in [-0.05, 0) is 29.7 Å². The number of hydrogen-bond acceptors (Lipinski definition) is 1. The average molecular weight is 266 g/mol. The molecular formula is C17H18N2O. The third-order valence-corrected chi connectivity index (χ3v) is 3.62. The molecule has 20 heavy (non-hydrogen) atoms. The summed E-state index contributed by atoms with van der Waals surface area (Å²) in [5.41, 5.74) is 4.17. The Hall–Kier alpha value is -2.29. The first-order valence-corrected chi connectivity index (χ1v) is 7.07. The first-order valence-electron chi connectivity index (χ1n) is 7.07. The highest BCUT2D eigenvalue weighted by molar-refractivity contribution is 5.82. The van der Waals surface area contributed by atoms with Crippen LogP contribution in [0.5, 0.6) is 0 Å². The molecule has 1 aromatic heterocycles. The Morgan fingerprint density at radius 2 is 1.85 bits per heavy atom. The van der Waals surface area contributed by atoms with Crippen LogP contribution in [0.15, 0.2) is 53.3 Å². The molecule has 0 atom stereocenters. The first-order chi connectivity index (χ1) is 9.79. The Balaban J connectivity index is 2.07. The fourth-order valence-corrected chi connectivity index (χ4v) is 2.51. The molecule has 2 aromatic carbocycles. The minimum absolute atomic E-state index is 0.0151. The van der Waals surface area contributed by atoms with E-state index in [0.717, 1.165) is 41.5 Å². The zero-order valence-corrected chi connectivity index (χ0v) is 11.6. The van der Waals surface area contributed by atoms with Gasteiger partial charge in [0.15, 0.2) is 0 Å². The normalized spacial score (nSPS) is 11.1. The van der Waals surface area contributed by atoms with Gasteiger partial charge in [-0.25, -0.2) is 4.79 Å². The van der Waals surface area contributed by atoms with E-state index in [1.165, 1.54) is 0 Å². The van der Waals surface area contributed by atoms with Crippen LogP contribution < -0.4 is 5.69 Å². The van der Waals surface area contributed by atoms with Gasteiger partial charge in [0.05, 0.1) is 11.0 Å². The molecule has 0 bridgehead atoms. The van der Waals surface area contributed by atoms with Crippen LogP contribution >= 0.6 is 0 Å². The summed E-state index contributed by atoms with van der Waals surface area (Å²) in [6.45, 7) is 2.91. The SMILES string of the molecule is CCCCn1c(=O)[nH]c2cc(-c3ccccc3)ccc21. The number of aromatic amines is 1. The maximum absolute atomic E-state index is 12.0. The van der Waals surface area contributed by atoms with Gasteiger partial charge in [-0.1, -0.05) is 49.7 Å². The first kappa shape index (κ1) is 12.7. The Morgan fingerprint density at radius 1 is 1.05 bits per heavy atom. The second-order valence-electron chi connectivity index (χ2n) is 5.03. The van der Waals surface area contributed by atoms with Gasteiger partial charge in [0.1, 0.15) is 0 Å². The highest BCUT2D eigenvalue weighted by Crippen LogP contribution is 2.22. The standard InChI is InChI=1S/C17H18N2O/c1-2-3-11-19-16-10-9-14(12-15(16)18-17(19)20)13-7-5-4-6-8-13/h4-10,12H,2-3,11H2,1H3,(H,18,20). The molecule has 0 aliphatic rings. The maximum Gasteiger partial charge on any atom is 0.326 e. The molecule has 3 aromatic rings. The Morgan fingerprint density at radius 3 is 2.60 bits per heavy atom. The third-order valence-electron chi connectivity index (χ3n) is 3.62. The molecule has 3 rings (SSSR count). The van der Waals surface area contributed by atoms with E-state index in [-0.39, 0.29) is 5.69 Å². The van der Waals surface area contributed by atoms with Gasteiger partial charge >= 0.3 is 5.69 Å². The van der Waals surface area contributed by atoms with Crippen LogP contribution in [0, 0.1) is 0 Å². The third kappa shape index (κ3) is 2.27. The van der Waals surface area contributed by atoms with Crippen LogP contribution in [0.3, 0.4) is 0 Å². The summed E-state index contributed by atoms with van der Waals surface area (Å²) in [5.74, 6) is 0. The van der Waals surface area contributed by atoms with Crippen molar-refractivity contribution < 1.29 is 0 Å². The molecule has 0 aliphatic carbocycles. The van der Waals surface area contributed by atoms with Crippen LogP contribution in [0.4, 0.5) is 0 Å². The molecule has 102 valence electrons. The number of unbranched alkanes of at least 4 members (excludes halogenated alkanes) is 1. The Bertz CT molecular complexity index is 769. The van der Waals surface area contributed by atoms with Gasteiger partial charge in [-0.2, -0.15) is 0 Å². The molecule has 3 heteroatoms. The monoisotopic (exact) mass is 266 g/mol. The number of hydrogen-bond donors (Lipinski definition) is 1. The lowest BCUT2D eigenvalue weighted by atomic mass is 10.1. The topological polar surface area (TPSA) is 37.8 Å². The number of benzene rings is 2. The van der Waals surface area contributed by atoms with Crippen molar-refractivity contribution in [1.82, 2.24) is 9.55 Å². The van der Waals surface area contributed by atoms with Gasteiger partial charge in [0, 0.05) is 6.54 Å². The van der Waals surface area contributed by atoms with Gasteiger partial charge in [0.25, 0.3) is 0 Å². The van der Waals surface area contributed by atoms with E-state index in [0.29, 0.717) is 0 Å². The Labute approximate surface area is 117 Å². The molecule has 0 fully saturated rings. The predicted octanol–water partition coefficient (Wildman–Crippen LogP) is 3.80. The summed E-state index contributed by atoms with van der Waals surface area (Å²) >= 11 is 0. The van der Waals surface area contributed by atoms with Crippen LogP contribution in [-0.4, -0.2) is 9.55 Å². The van der Waals surface area contributed by atoms with Crippen molar-refractivity contribution in [3.05, 3.63) is 59.0 Å². The van der Waals surface area contributed by atoms with Crippen molar-refractivity contribution >= 4 is 11.0 Å². The van der Waals surface area contributed by atoms with Crippen molar-refractivity contribution in [1.29, 1.82) is 0 Å². The number of aromatic nitrogens is 2. The second kappa shape index (κ2) is 5.37. The minimum atomic E-state index is -0.0151. The molecule has 1 N–H and O–H groups in total. The van der Waals surface area contributed by atoms with Crippen molar-refractivity contribution in [2.45, 2.75) is 26.3 Å². The Kier molecular flexibility index (Phi) is 3.42. The zero-order valence-electron chi connectivity index (χ0n) is 11.6. The van der Waals surface area contributed by atoms with E-state index < -0.39 is 0 Å². The highest BCUT2D eigenvalue weighted by atomic mass is 16.1. The van der Waals surface area contributed by atoms with Crippen LogP contribution in [-0.2, 0) is 6.54 Å². The second-order valence-corrected chi connectivity index (χ2v) is 5.03. The summed E-state index contributed by atoms with van der Waals surface area (Å²) in [6, 6.07) is 16.4. The van der Waals surface area contributed by atoms with Crippen molar-refractivity contribution in [3.8, 4) is 11.1 Å². The van der Waals surface area contributed by atoms with Gasteiger partial charge in [0.2, 0.25) is 0 Å². The maximum atomic E-state index is 12.0. The summed E-state index contributed by atoms with van der Waals surface area (Å²) in [4.78, 5) is 15.0. The molecule has 3 nitrogen and oxygen atoms in total. The number of fused-ring (bicyclic) bond motifs is 1. The largest absolute Gasteiger partial charge is 0.326 e. The molecule has 0 saturated carbocycles. The number of nitrogens with one attached hydrogen (secondary N) is 1. The lowest BCUT2D eigenvalue weighted by molar-refractivity contribution is 0.629. The number of rotatable bonds is 4. The summed E-state index contributed by atoms with van der Waals surface area (Å²) < 4.78 is 1.83. The van der Waals surface area contributed by atoms with E-state index in [9.17, 15) is 4.79 Å². The van der Waals surface area contributed by atoms with Crippen molar-refractivity contribution in [2.24, 2.45) is 0 Å². The molecule has 0 radical (unpaired) electrons. The van der Waals surface area contributed by atoms with E-state index in [1.54, 1.807) is 0 Å². The fraction of sp³-hybridized carbons (Fsp3) is 0.235. The highest BCUT2D eigenvalue weighted by Gasteiger charge is 2.07. The van der Waals surface area contributed by atoms with Crippen LogP contribution in [0.2, 0.25) is 0 Å². The number of H-pyrrole nitrogens is 1. The van der Waals surface area contributed by atoms with E-state index in [2.05, 4.69) is 36.2 Å². The van der Waals surface area contributed by atoms with Gasteiger partial charge < -0.3 is 4.98 Å². The lowest BCUT2D eigenvalue weighted by Gasteiger charge is -2.04. The smallest absolute Gasteiger partial charge is 0.306 e. The van der Waals surface area contributed by atoms with E-state index >= 15 is 0 Å². The van der Waals surface area contributed by atoms with Crippen LogP contribution in [0.1, 0.15) is 19.8 Å². The molecule has 0 aliphatic heterocycles. The molecule has 0 amide bonds. The van der Waals surface area contributed by atoms with E-state index in [4.69, 9.17) is 0 Å².